The van der Waals surface area contributed by atoms with Crippen LogP contribution in [0, 0.1) is 17.6 Å². The molecule has 4 rings (SSSR count). The van der Waals surface area contributed by atoms with E-state index in [1.54, 1.807) is 27.7 Å². The summed E-state index contributed by atoms with van der Waals surface area (Å²) in [5.41, 5.74) is -1.39. The zero-order chi connectivity index (χ0) is 33.4. The third-order valence-electron chi connectivity index (χ3n) is 7.54. The summed E-state index contributed by atoms with van der Waals surface area (Å²) < 4.78 is 87.2. The molecule has 1 aliphatic heterocycles. The van der Waals surface area contributed by atoms with Gasteiger partial charge >= 0.3 is 6.09 Å². The molecule has 0 spiro atoms. The first-order chi connectivity index (χ1) is 20.9. The fraction of sp³-hybridized carbons (Fsp3) is 0.467. The number of carbonyl (C=O) groups is 2. The molecular formula is C30H36BrF2N2O8PS. The monoisotopic (exact) mass is 732 g/mol. The van der Waals surface area contributed by atoms with Gasteiger partial charge in [-0.15, -0.1) is 6.58 Å². The molecule has 1 heterocycles. The number of nitrogens with zero attached hydrogens (tertiary/aromatic N) is 1. The van der Waals surface area contributed by atoms with Gasteiger partial charge in [0.25, 0.3) is 10.1 Å². The van der Waals surface area contributed by atoms with Crippen LogP contribution < -0.4 is 5.32 Å². The van der Waals surface area contributed by atoms with Gasteiger partial charge in [-0.2, -0.15) is 8.42 Å². The summed E-state index contributed by atoms with van der Waals surface area (Å²) in [4.78, 5) is 28.2. The van der Waals surface area contributed by atoms with Gasteiger partial charge in [0.15, 0.2) is 0 Å². The second-order valence-electron chi connectivity index (χ2n) is 11.9. The number of likely N-dealkylation sites (tertiary alicyclic amines) is 1. The molecule has 246 valence electrons. The van der Waals surface area contributed by atoms with Crippen LogP contribution in [0.1, 0.15) is 46.1 Å². The number of amides is 2. The molecule has 45 heavy (non-hydrogen) atoms. The van der Waals surface area contributed by atoms with Crippen molar-refractivity contribution in [3.05, 3.63) is 76.8 Å². The molecule has 1 saturated carbocycles. The van der Waals surface area contributed by atoms with Crippen molar-refractivity contribution < 1.29 is 44.8 Å². The van der Waals surface area contributed by atoms with Crippen molar-refractivity contribution in [2.45, 2.75) is 74.6 Å². The van der Waals surface area contributed by atoms with Gasteiger partial charge in [0.1, 0.15) is 28.6 Å². The molecule has 2 amide bonds. The minimum Gasteiger partial charge on any atom is -0.444 e. The first-order valence-corrected chi connectivity index (χ1v) is 18.3. The van der Waals surface area contributed by atoms with E-state index in [-0.39, 0.29) is 30.9 Å². The Morgan fingerprint density at radius 1 is 1.18 bits per heavy atom. The molecule has 1 saturated heterocycles. The summed E-state index contributed by atoms with van der Waals surface area (Å²) in [6, 6.07) is 7.72. The van der Waals surface area contributed by atoms with E-state index in [4.69, 9.17) is 13.4 Å². The molecule has 10 nitrogen and oxygen atoms in total. The van der Waals surface area contributed by atoms with Gasteiger partial charge in [-0.25, -0.2) is 13.6 Å². The summed E-state index contributed by atoms with van der Waals surface area (Å²) in [5.74, 6) is -3.18. The number of benzene rings is 2. The Morgan fingerprint density at radius 3 is 2.33 bits per heavy atom. The summed E-state index contributed by atoms with van der Waals surface area (Å²) in [5, 5.41) is 1.19. The van der Waals surface area contributed by atoms with Crippen molar-refractivity contribution >= 4 is 45.4 Å². The molecule has 2 aromatic carbocycles. The average molecular weight is 734 g/mol. The van der Waals surface area contributed by atoms with Crippen molar-refractivity contribution in [2.75, 3.05) is 13.2 Å². The fourth-order valence-electron chi connectivity index (χ4n) is 5.35. The van der Waals surface area contributed by atoms with Crippen LogP contribution in [0.5, 0.6) is 0 Å². The second-order valence-corrected chi connectivity index (χ2v) is 17.1. The van der Waals surface area contributed by atoms with Crippen LogP contribution in [-0.4, -0.2) is 61.5 Å². The predicted molar refractivity (Wildman–Crippen MR) is 166 cm³/mol. The molecule has 2 aliphatic rings. The highest BCUT2D eigenvalue weighted by molar-refractivity contribution is 9.10. The Balaban J connectivity index is 1.64. The van der Waals surface area contributed by atoms with E-state index < -0.39 is 81.8 Å². The minimum absolute atomic E-state index is 0.0773. The number of hydrogen-bond donors (Lipinski definition) is 1. The van der Waals surface area contributed by atoms with Gasteiger partial charge < -0.3 is 14.6 Å². The maximum absolute atomic E-state index is 14.7. The molecular weight excluding hydrogens is 697 g/mol. The fourth-order valence-corrected chi connectivity index (χ4v) is 9.80. The summed E-state index contributed by atoms with van der Waals surface area (Å²) >= 11 is 3.25. The topological polar surface area (TPSA) is 128 Å². The second kappa shape index (κ2) is 13.2. The molecule has 1 N–H and O–H groups in total. The Morgan fingerprint density at radius 2 is 1.80 bits per heavy atom. The number of hydrogen-bond acceptors (Lipinski definition) is 8. The largest absolute Gasteiger partial charge is 0.444 e. The van der Waals surface area contributed by atoms with Crippen molar-refractivity contribution in [1.29, 1.82) is 0 Å². The highest BCUT2D eigenvalue weighted by Gasteiger charge is 2.67. The molecule has 2 fully saturated rings. The predicted octanol–water partition coefficient (Wildman–Crippen LogP) is 6.34. The first-order valence-electron chi connectivity index (χ1n) is 14.2. The van der Waals surface area contributed by atoms with Crippen molar-refractivity contribution in [3.8, 4) is 0 Å². The normalized spacial score (nSPS) is 24.5. The van der Waals surface area contributed by atoms with Crippen LogP contribution in [0.2, 0.25) is 0 Å². The van der Waals surface area contributed by atoms with Gasteiger partial charge in [0, 0.05) is 22.4 Å². The Hall–Kier alpha value is -2.64. The van der Waals surface area contributed by atoms with Crippen LogP contribution in [0.25, 0.3) is 0 Å². The van der Waals surface area contributed by atoms with Crippen LogP contribution in [0.3, 0.4) is 0 Å². The molecule has 1 unspecified atom stereocenters. The Bertz CT molecular complexity index is 1600. The van der Waals surface area contributed by atoms with Gasteiger partial charge in [-0.05, 0) is 70.5 Å². The summed E-state index contributed by atoms with van der Waals surface area (Å²) in [7, 11) is -8.36. The van der Waals surface area contributed by atoms with Gasteiger partial charge in [0.2, 0.25) is 13.3 Å². The van der Waals surface area contributed by atoms with Gasteiger partial charge in [-0.1, -0.05) is 28.1 Å². The zero-order valence-corrected chi connectivity index (χ0v) is 28.6. The zero-order valence-electron chi connectivity index (χ0n) is 25.3. The minimum atomic E-state index is -4.28. The quantitative estimate of drug-likeness (QED) is 0.161. The average Bonchev–Trinajstić information content (AvgIpc) is 3.51. The highest BCUT2D eigenvalue weighted by atomic mass is 79.9. The number of carbonyl (C=O) groups excluding carboxylic acids is 2. The van der Waals surface area contributed by atoms with E-state index in [2.05, 4.69) is 27.8 Å². The summed E-state index contributed by atoms with van der Waals surface area (Å²) in [6.45, 7) is 9.85. The number of ether oxygens (including phenoxy) is 1. The van der Waals surface area contributed by atoms with Gasteiger partial charge in [0.05, 0.1) is 30.3 Å². The van der Waals surface area contributed by atoms with Crippen LogP contribution >= 0.6 is 23.3 Å². The third kappa shape index (κ3) is 7.68. The number of nitrogens with one attached hydrogen (secondary N) is 1. The van der Waals surface area contributed by atoms with Crippen LogP contribution in [0.4, 0.5) is 13.6 Å². The Kier molecular flexibility index (Phi) is 10.4. The molecule has 5 atom stereocenters. The van der Waals surface area contributed by atoms with E-state index in [1.807, 2.05) is 0 Å². The molecule has 0 radical (unpaired) electrons. The number of rotatable bonds is 11. The summed E-state index contributed by atoms with van der Waals surface area (Å²) in [6.07, 6.45) is -1.31. The maximum Gasteiger partial charge on any atom is 0.411 e. The van der Waals surface area contributed by atoms with Crippen molar-refractivity contribution in [1.82, 2.24) is 10.2 Å². The standard InChI is InChI=1S/C30H36BrF2N2O8PS/c1-6-19-16-30(19,44(38,41-7-2)18-23-24(32)9-8-10-25(23)33)34-27(36)26-15-21(17-35(26)28(37)42-29(3,4)5)43-45(39,40)22-13-11-20(31)12-14-22/h6,8-14,19,21,26H,1,7,15-18H2,2-5H3,(H,34,36)/t19-,21+,26+,30+,44?/m1/s1. The van der Waals surface area contributed by atoms with E-state index in [0.717, 1.165) is 17.0 Å². The molecule has 0 aromatic heterocycles. The van der Waals surface area contributed by atoms with Crippen molar-refractivity contribution in [3.63, 3.8) is 0 Å². The molecule has 2 aromatic rings. The molecule has 15 heteroatoms. The van der Waals surface area contributed by atoms with Gasteiger partial charge in [-0.3, -0.25) is 18.4 Å². The van der Waals surface area contributed by atoms with E-state index in [0.29, 0.717) is 4.47 Å². The van der Waals surface area contributed by atoms with Crippen LogP contribution in [0.15, 0.2) is 64.5 Å². The lowest BCUT2D eigenvalue weighted by molar-refractivity contribution is -0.126. The lowest BCUT2D eigenvalue weighted by atomic mass is 10.2. The van der Waals surface area contributed by atoms with Crippen molar-refractivity contribution in [2.24, 2.45) is 5.92 Å². The lowest BCUT2D eigenvalue weighted by Gasteiger charge is -2.32. The first kappa shape index (κ1) is 35.2. The SMILES string of the molecule is C=C[C@@H]1C[C@]1(NC(=O)[C@@H]1C[C@H](OS(=O)(=O)c2ccc(Br)cc2)CN1C(=O)OC(C)(C)C)P(=O)(Cc1c(F)cccc1F)OCC. The third-order valence-corrected chi connectivity index (χ3v) is 12.7. The maximum atomic E-state index is 14.7. The van der Waals surface area contributed by atoms with E-state index in [9.17, 15) is 31.4 Å². The molecule has 0 bridgehead atoms. The Labute approximate surface area is 270 Å². The number of halogens is 3. The van der Waals surface area contributed by atoms with E-state index >= 15 is 0 Å². The van der Waals surface area contributed by atoms with E-state index in [1.165, 1.54) is 36.4 Å². The smallest absolute Gasteiger partial charge is 0.411 e. The molecule has 1 aliphatic carbocycles. The van der Waals surface area contributed by atoms with Crippen LogP contribution in [-0.2, 0) is 39.1 Å². The lowest BCUT2D eigenvalue weighted by Crippen LogP contribution is -2.51. The highest BCUT2D eigenvalue weighted by Crippen LogP contribution is 2.73.